The number of nitrogens with one attached hydrogen (secondary N) is 2. The van der Waals surface area contributed by atoms with Gasteiger partial charge in [0.25, 0.3) is 10.2 Å². The Kier molecular flexibility index (Phi) is 6.02. The molecule has 2 fully saturated rings. The normalized spacial score (nSPS) is 33.2. The van der Waals surface area contributed by atoms with Gasteiger partial charge in [-0.2, -0.15) is 12.7 Å². The summed E-state index contributed by atoms with van der Waals surface area (Å²) in [6.07, 6.45) is 5.32. The second-order valence-electron chi connectivity index (χ2n) is 6.56. The lowest BCUT2D eigenvalue weighted by atomic mass is 10.00. The van der Waals surface area contributed by atoms with Crippen molar-refractivity contribution in [2.75, 3.05) is 26.7 Å². The molecule has 2 heterocycles. The van der Waals surface area contributed by atoms with Crippen LogP contribution in [0.3, 0.4) is 0 Å². The molecule has 0 amide bonds. The van der Waals surface area contributed by atoms with Gasteiger partial charge in [0, 0.05) is 25.2 Å². The summed E-state index contributed by atoms with van der Waals surface area (Å²) in [4.78, 5) is 2.84. The molecule has 2 aliphatic rings. The van der Waals surface area contributed by atoms with Crippen LogP contribution in [0.2, 0.25) is 0 Å². The molecule has 21 heavy (non-hydrogen) atoms. The molecule has 0 spiro atoms. The third-order valence-corrected chi connectivity index (χ3v) is 6.18. The zero-order chi connectivity index (χ0) is 15.5. The smallest absolute Gasteiger partial charge is 0.292 e. The molecule has 2 aliphatic heterocycles. The molecular formula is C14H30N4O2S. The predicted molar refractivity (Wildman–Crippen MR) is 84.9 cm³/mol. The summed E-state index contributed by atoms with van der Waals surface area (Å²) in [5.41, 5.74) is 0. The molecule has 2 saturated heterocycles. The van der Waals surface area contributed by atoms with Crippen LogP contribution in [0.1, 0.15) is 46.0 Å². The van der Waals surface area contributed by atoms with E-state index in [2.05, 4.69) is 24.0 Å². The maximum Gasteiger partial charge on any atom is 0.292 e. The van der Waals surface area contributed by atoms with Crippen LogP contribution in [0.25, 0.3) is 0 Å². The molecule has 2 N–H and O–H groups in total. The summed E-state index contributed by atoms with van der Waals surface area (Å²) >= 11 is 0. The molecule has 7 heteroatoms. The average molecular weight is 318 g/mol. The zero-order valence-corrected chi connectivity index (χ0v) is 14.3. The van der Waals surface area contributed by atoms with Gasteiger partial charge in [-0.3, -0.25) is 0 Å². The molecule has 0 saturated carbocycles. The van der Waals surface area contributed by atoms with Crippen LogP contribution in [0.15, 0.2) is 0 Å². The van der Waals surface area contributed by atoms with E-state index >= 15 is 0 Å². The van der Waals surface area contributed by atoms with Crippen LogP contribution >= 0.6 is 0 Å². The Hall–Kier alpha value is -0.210. The van der Waals surface area contributed by atoms with Crippen LogP contribution in [-0.2, 0) is 10.2 Å². The molecule has 124 valence electrons. The molecule has 0 aromatic carbocycles. The van der Waals surface area contributed by atoms with Gasteiger partial charge in [-0.05, 0) is 59.0 Å². The molecule has 0 aliphatic carbocycles. The zero-order valence-electron chi connectivity index (χ0n) is 13.5. The number of hydrogen-bond donors (Lipinski definition) is 2. The van der Waals surface area contributed by atoms with Crippen molar-refractivity contribution in [3.63, 3.8) is 0 Å². The SMILES string of the molecule is CNCC1CCCN(S(=O)(=O)NN2C(C)CCCC2C)C1. The van der Waals surface area contributed by atoms with Crippen LogP contribution in [0, 0.1) is 5.92 Å². The summed E-state index contributed by atoms with van der Waals surface area (Å²) in [6.45, 7) is 6.32. The van der Waals surface area contributed by atoms with Crippen molar-refractivity contribution in [2.24, 2.45) is 5.92 Å². The fraction of sp³-hybridized carbons (Fsp3) is 1.00. The predicted octanol–water partition coefficient (Wildman–Crippen LogP) is 0.930. The second-order valence-corrected chi connectivity index (χ2v) is 8.21. The Labute approximate surface area is 129 Å². The van der Waals surface area contributed by atoms with Gasteiger partial charge in [0.1, 0.15) is 0 Å². The van der Waals surface area contributed by atoms with E-state index < -0.39 is 10.2 Å². The fourth-order valence-corrected chi connectivity index (χ4v) is 5.01. The van der Waals surface area contributed by atoms with Crippen molar-refractivity contribution in [1.82, 2.24) is 19.5 Å². The summed E-state index contributed by atoms with van der Waals surface area (Å²) in [5, 5.41) is 5.08. The van der Waals surface area contributed by atoms with Crippen LogP contribution < -0.4 is 10.1 Å². The Morgan fingerprint density at radius 1 is 1.10 bits per heavy atom. The molecule has 2 rings (SSSR count). The minimum absolute atomic E-state index is 0.265. The summed E-state index contributed by atoms with van der Waals surface area (Å²) in [7, 11) is -1.50. The summed E-state index contributed by atoms with van der Waals surface area (Å²) in [6, 6.07) is 0.530. The van der Waals surface area contributed by atoms with Crippen molar-refractivity contribution in [3.8, 4) is 0 Å². The molecule has 0 radical (unpaired) electrons. The van der Waals surface area contributed by atoms with Crippen LogP contribution in [-0.4, -0.2) is 56.5 Å². The van der Waals surface area contributed by atoms with E-state index in [4.69, 9.17) is 0 Å². The van der Waals surface area contributed by atoms with Gasteiger partial charge in [0.2, 0.25) is 0 Å². The maximum atomic E-state index is 12.6. The highest BCUT2D eigenvalue weighted by Gasteiger charge is 2.33. The van der Waals surface area contributed by atoms with E-state index in [1.54, 1.807) is 4.31 Å². The van der Waals surface area contributed by atoms with Gasteiger partial charge in [0.15, 0.2) is 0 Å². The van der Waals surface area contributed by atoms with E-state index in [0.717, 1.165) is 32.2 Å². The topological polar surface area (TPSA) is 64.7 Å². The second kappa shape index (κ2) is 7.37. The Morgan fingerprint density at radius 2 is 1.76 bits per heavy atom. The van der Waals surface area contributed by atoms with Gasteiger partial charge in [-0.15, -0.1) is 4.83 Å². The maximum absolute atomic E-state index is 12.6. The van der Waals surface area contributed by atoms with Crippen molar-refractivity contribution >= 4 is 10.2 Å². The Morgan fingerprint density at radius 3 is 2.38 bits per heavy atom. The lowest BCUT2D eigenvalue weighted by Crippen LogP contribution is -2.58. The van der Waals surface area contributed by atoms with Crippen molar-refractivity contribution in [1.29, 1.82) is 0 Å². The minimum atomic E-state index is -3.42. The Bertz CT molecular complexity index is 417. The van der Waals surface area contributed by atoms with Crippen LogP contribution in [0.5, 0.6) is 0 Å². The van der Waals surface area contributed by atoms with E-state index in [1.165, 1.54) is 6.42 Å². The highest BCUT2D eigenvalue weighted by Crippen LogP contribution is 2.23. The average Bonchev–Trinajstić information content (AvgIpc) is 2.44. The highest BCUT2D eigenvalue weighted by atomic mass is 32.2. The third kappa shape index (κ3) is 4.39. The van der Waals surface area contributed by atoms with Crippen molar-refractivity contribution in [2.45, 2.75) is 58.0 Å². The standard InChI is InChI=1S/C14H30N4O2S/c1-12-6-4-7-13(2)18(12)16-21(19,20)17-9-5-8-14(11-17)10-15-3/h12-16H,4-11H2,1-3H3. The van der Waals surface area contributed by atoms with Crippen molar-refractivity contribution in [3.05, 3.63) is 0 Å². The first-order valence-electron chi connectivity index (χ1n) is 8.14. The highest BCUT2D eigenvalue weighted by molar-refractivity contribution is 7.87. The number of hydrazine groups is 1. The van der Waals surface area contributed by atoms with Gasteiger partial charge >= 0.3 is 0 Å². The monoisotopic (exact) mass is 318 g/mol. The van der Waals surface area contributed by atoms with Gasteiger partial charge in [-0.25, -0.2) is 5.01 Å². The van der Waals surface area contributed by atoms with E-state index in [-0.39, 0.29) is 12.1 Å². The van der Waals surface area contributed by atoms with E-state index in [1.807, 2.05) is 12.1 Å². The molecule has 3 atom stereocenters. The van der Waals surface area contributed by atoms with E-state index in [0.29, 0.717) is 19.0 Å². The molecule has 3 unspecified atom stereocenters. The lowest BCUT2D eigenvalue weighted by molar-refractivity contribution is 0.0749. The first kappa shape index (κ1) is 17.1. The molecule has 6 nitrogen and oxygen atoms in total. The number of hydrogen-bond acceptors (Lipinski definition) is 4. The molecular weight excluding hydrogens is 288 g/mol. The first-order valence-corrected chi connectivity index (χ1v) is 9.58. The Balaban J connectivity index is 2.00. The number of nitrogens with zero attached hydrogens (tertiary/aromatic N) is 2. The minimum Gasteiger partial charge on any atom is -0.319 e. The lowest BCUT2D eigenvalue weighted by Gasteiger charge is -2.40. The summed E-state index contributed by atoms with van der Waals surface area (Å²) < 4.78 is 26.9. The fourth-order valence-electron chi connectivity index (χ4n) is 3.49. The summed E-state index contributed by atoms with van der Waals surface area (Å²) in [5.74, 6) is 0.413. The van der Waals surface area contributed by atoms with E-state index in [9.17, 15) is 8.42 Å². The first-order chi connectivity index (χ1) is 9.94. The number of rotatable bonds is 5. The van der Waals surface area contributed by atoms with Gasteiger partial charge < -0.3 is 5.32 Å². The van der Waals surface area contributed by atoms with Crippen LogP contribution in [0.4, 0.5) is 0 Å². The molecule has 0 aromatic heterocycles. The quantitative estimate of drug-likeness (QED) is 0.791. The van der Waals surface area contributed by atoms with Gasteiger partial charge in [-0.1, -0.05) is 6.42 Å². The molecule has 0 aromatic rings. The molecule has 0 bridgehead atoms. The van der Waals surface area contributed by atoms with Crippen molar-refractivity contribution < 1.29 is 8.42 Å². The largest absolute Gasteiger partial charge is 0.319 e. The number of piperidine rings is 2. The third-order valence-electron chi connectivity index (χ3n) is 4.73. The van der Waals surface area contributed by atoms with Gasteiger partial charge in [0.05, 0.1) is 0 Å².